The molecule has 21 heteroatoms. The number of ether oxygens (including phenoxy) is 6. The summed E-state index contributed by atoms with van der Waals surface area (Å²) in [7, 11) is 3.43. The molecule has 0 aliphatic heterocycles. The third-order valence-electron chi connectivity index (χ3n) is 17.6. The minimum absolute atomic E-state index is 0.0533. The summed E-state index contributed by atoms with van der Waals surface area (Å²) in [6.45, 7) is 5.84. The van der Waals surface area contributed by atoms with E-state index in [2.05, 4.69) is 13.8 Å². The topological polar surface area (TPSA) is 234 Å². The van der Waals surface area contributed by atoms with E-state index in [1.54, 1.807) is 24.3 Å². The van der Waals surface area contributed by atoms with E-state index < -0.39 is 63.6 Å². The van der Waals surface area contributed by atoms with Crippen LogP contribution in [0.1, 0.15) is 302 Å². The molecule has 0 bridgehead atoms. The van der Waals surface area contributed by atoms with Crippen molar-refractivity contribution in [1.82, 2.24) is 0 Å². The molecule has 0 saturated carbocycles. The lowest BCUT2D eigenvalue weighted by molar-refractivity contribution is -0.870. The molecule has 19 nitrogen and oxygen atoms in total. The maximum absolute atomic E-state index is 13.4. The summed E-state index contributed by atoms with van der Waals surface area (Å²) < 4.78 is 89.0. The monoisotopic (exact) mass is 1450 g/mol. The maximum atomic E-state index is 13.4. The SMILES string of the molecule is [2H]c1cc(C(=O)c2ccc(OCCCCCCCCCCC(=O)OC(COC(=O)CCCCCCCCCCCCC)CP(=O)(O)OCC[N+](C)(C)C)c([2H])c2)ccc1OCCCCCCCCCCC(=O)OC(COC(=O)CCCCCCCCCCCCC)CP(=O)(O)OCC[N+](C)(C)C. The maximum Gasteiger partial charge on any atom is 0.332 e. The van der Waals surface area contributed by atoms with Crippen LogP contribution in [0, 0.1) is 0 Å². The Hall–Kier alpha value is -4.19. The van der Waals surface area contributed by atoms with Crippen LogP contribution in [0.15, 0.2) is 48.5 Å². The molecular weight excluding hydrogens is 1310 g/mol. The average Bonchev–Trinajstić information content (AvgIpc) is 0.819. The second kappa shape index (κ2) is 57.2. The van der Waals surface area contributed by atoms with Crippen LogP contribution in [-0.2, 0) is 56.3 Å². The van der Waals surface area contributed by atoms with E-state index >= 15 is 0 Å². The molecular formula is C79H140N2O17P2+2. The Kier molecular flexibility index (Phi) is 50.4. The number of ketones is 1. The third kappa shape index (κ3) is 54.5. The van der Waals surface area contributed by atoms with Gasteiger partial charge >= 0.3 is 39.1 Å². The number of nitrogens with zero attached hydrogens (tertiary/aromatic N) is 2. The molecule has 2 rings (SSSR count). The summed E-state index contributed by atoms with van der Waals surface area (Å²) in [6, 6.07) is 9.74. The molecule has 2 aromatic carbocycles. The number of unbranched alkanes of at least 4 members (excludes halogenated alkanes) is 34. The van der Waals surface area contributed by atoms with Crippen LogP contribution in [0.5, 0.6) is 11.5 Å². The molecule has 2 N–H and O–H groups in total. The number of rotatable bonds is 68. The lowest BCUT2D eigenvalue weighted by Gasteiger charge is -2.25. The minimum Gasteiger partial charge on any atom is -0.494 e. The highest BCUT2D eigenvalue weighted by Gasteiger charge is 2.32. The summed E-state index contributed by atoms with van der Waals surface area (Å²) in [4.78, 5) is 85.8. The van der Waals surface area contributed by atoms with Crippen molar-refractivity contribution < 1.29 is 92.1 Å². The summed E-state index contributed by atoms with van der Waals surface area (Å²) >= 11 is 0. The van der Waals surface area contributed by atoms with Crippen molar-refractivity contribution in [3.63, 3.8) is 0 Å². The summed E-state index contributed by atoms with van der Waals surface area (Å²) in [5, 5.41) is 0. The Morgan fingerprint density at radius 1 is 0.380 bits per heavy atom. The molecule has 0 aliphatic rings. The van der Waals surface area contributed by atoms with Crippen LogP contribution in [0.4, 0.5) is 0 Å². The molecule has 0 amide bonds. The molecule has 0 fully saturated rings. The fourth-order valence-corrected chi connectivity index (χ4v) is 13.7. The Labute approximate surface area is 608 Å². The van der Waals surface area contributed by atoms with Gasteiger partial charge in [-0.25, -0.2) is 0 Å². The van der Waals surface area contributed by atoms with Gasteiger partial charge in [-0.1, -0.05) is 219 Å². The van der Waals surface area contributed by atoms with Gasteiger partial charge in [0.2, 0.25) is 0 Å². The molecule has 0 aliphatic carbocycles. The molecule has 0 aromatic heterocycles. The second-order valence-corrected chi connectivity index (χ2v) is 33.4. The standard InChI is InChI=1S/C79H138N2O17P2/c1-9-11-13-15-17-19-21-23-29-35-41-47-75(82)93-65-73(67-99(87,88)95-63-59-80(3,4)5)97-77(84)49-43-37-31-25-27-33-39-45-61-91-71-55-51-69(52-56-71)79(86)70-53-57-72(58-54-70)92-62-46-40-34-28-26-32-38-44-50-78(85)98-74(68-100(89,90)96-64-60-81(6,7)8)66-94-76(83)48-42-36-30-24-22-20-18-16-14-12-10-2/h51-58,73-74H,9-50,59-68H2,1-8H3/p+2/i55D,57D. The van der Waals surface area contributed by atoms with E-state index in [4.69, 9.17) is 40.2 Å². The van der Waals surface area contributed by atoms with Crippen molar-refractivity contribution in [2.75, 3.05) is 107 Å². The normalized spacial score (nSPS) is 13.9. The molecule has 4 atom stereocenters. The van der Waals surface area contributed by atoms with E-state index in [9.17, 15) is 42.9 Å². The van der Waals surface area contributed by atoms with Crippen molar-refractivity contribution in [1.29, 1.82) is 0 Å². The van der Waals surface area contributed by atoms with E-state index in [-0.39, 0.29) is 70.0 Å². The van der Waals surface area contributed by atoms with Gasteiger partial charge in [-0.2, -0.15) is 0 Å². The smallest absolute Gasteiger partial charge is 0.332 e. The number of quaternary nitrogens is 2. The lowest BCUT2D eigenvalue weighted by atomic mass is 10.0. The number of benzene rings is 2. The number of carbonyl (C=O) groups is 5. The van der Waals surface area contributed by atoms with Crippen molar-refractivity contribution in [3.05, 3.63) is 59.6 Å². The number of hydrogen-bond acceptors (Lipinski definition) is 15. The minimum atomic E-state index is -4.14. The first-order valence-corrected chi connectivity index (χ1v) is 42.5. The Morgan fingerprint density at radius 2 is 0.650 bits per heavy atom. The van der Waals surface area contributed by atoms with Crippen molar-refractivity contribution >= 4 is 44.9 Å². The Balaban J connectivity index is 1.64. The summed E-state index contributed by atoms with van der Waals surface area (Å²) in [5.74, 6) is -1.36. The van der Waals surface area contributed by atoms with Crippen molar-refractivity contribution in [2.45, 2.75) is 296 Å². The first-order valence-electron chi connectivity index (χ1n) is 40.0. The molecule has 100 heavy (non-hydrogen) atoms. The van der Waals surface area contributed by atoms with Gasteiger partial charge in [0, 0.05) is 36.8 Å². The van der Waals surface area contributed by atoms with Gasteiger partial charge < -0.3 is 56.2 Å². The van der Waals surface area contributed by atoms with Crippen LogP contribution in [-0.4, -0.2) is 168 Å². The molecule has 0 saturated heterocycles. The number of likely N-dealkylation sites (N-methyl/N-ethyl adjacent to an activating group) is 2. The highest BCUT2D eigenvalue weighted by molar-refractivity contribution is 7.53. The Morgan fingerprint density at radius 3 is 0.930 bits per heavy atom. The highest BCUT2D eigenvalue weighted by atomic mass is 31.2. The molecule has 0 heterocycles. The van der Waals surface area contributed by atoms with Crippen LogP contribution >= 0.6 is 15.2 Å². The quantitative estimate of drug-likeness (QED) is 0.0156. The molecule has 2 aromatic rings. The number of hydrogen-bond donors (Lipinski definition) is 2. The largest absolute Gasteiger partial charge is 0.494 e. The molecule has 0 radical (unpaired) electrons. The van der Waals surface area contributed by atoms with Crippen LogP contribution < -0.4 is 9.47 Å². The average molecular weight is 1450 g/mol. The third-order valence-corrected chi connectivity index (χ3v) is 20.5. The summed E-state index contributed by atoms with van der Waals surface area (Å²) in [6.07, 6.45) is 37.5. The molecule has 4 unspecified atom stereocenters. The van der Waals surface area contributed by atoms with Gasteiger partial charge in [0.1, 0.15) is 63.2 Å². The lowest BCUT2D eigenvalue weighted by Crippen LogP contribution is -2.37. The van der Waals surface area contributed by atoms with Gasteiger partial charge in [-0.3, -0.25) is 33.1 Å². The van der Waals surface area contributed by atoms with E-state index in [0.29, 0.717) is 83.6 Å². The Bertz CT molecular complexity index is 2500. The van der Waals surface area contributed by atoms with E-state index in [0.717, 1.165) is 128 Å². The zero-order valence-electron chi connectivity index (χ0n) is 65.7. The molecule has 0 spiro atoms. The zero-order chi connectivity index (χ0) is 75.2. The first kappa shape index (κ1) is 88.2. The van der Waals surface area contributed by atoms with Crippen molar-refractivity contribution in [2.24, 2.45) is 0 Å². The number of carbonyl (C=O) groups excluding carboxylic acids is 5. The number of esters is 4. The van der Waals surface area contributed by atoms with Crippen molar-refractivity contribution in [3.8, 4) is 11.5 Å². The van der Waals surface area contributed by atoms with Gasteiger partial charge in [0.25, 0.3) is 0 Å². The van der Waals surface area contributed by atoms with Crippen LogP contribution in [0.2, 0.25) is 0 Å². The van der Waals surface area contributed by atoms with Crippen LogP contribution in [0.25, 0.3) is 0 Å². The van der Waals surface area contributed by atoms with Gasteiger partial charge in [0.15, 0.2) is 5.78 Å². The molecule has 576 valence electrons. The predicted octanol–water partition coefficient (Wildman–Crippen LogP) is 18.8. The van der Waals surface area contributed by atoms with E-state index in [1.165, 1.54) is 102 Å². The fraction of sp³-hybridized carbons (Fsp3) is 0.785. The zero-order valence-corrected chi connectivity index (χ0v) is 65.5. The predicted molar refractivity (Wildman–Crippen MR) is 401 cm³/mol. The highest BCUT2D eigenvalue weighted by Crippen LogP contribution is 2.44. The van der Waals surface area contributed by atoms with Gasteiger partial charge in [0.05, 0.1) is 70.6 Å². The summed E-state index contributed by atoms with van der Waals surface area (Å²) in [5.41, 5.74) is 0.651. The fourth-order valence-electron chi connectivity index (χ4n) is 11.3. The van der Waals surface area contributed by atoms with Gasteiger partial charge in [-0.05, 0) is 87.0 Å². The van der Waals surface area contributed by atoms with Crippen LogP contribution in [0.3, 0.4) is 0 Å². The van der Waals surface area contributed by atoms with Gasteiger partial charge in [-0.15, -0.1) is 0 Å². The first-order chi connectivity index (χ1) is 48.7. The second-order valence-electron chi connectivity index (χ2n) is 29.6. The van der Waals surface area contributed by atoms with E-state index in [1.807, 2.05) is 42.3 Å².